The third-order valence-corrected chi connectivity index (χ3v) is 3.63. The minimum absolute atomic E-state index is 0.290. The van der Waals surface area contributed by atoms with E-state index < -0.39 is 5.03 Å². The minimum Gasteiger partial charge on any atom is -0.331 e. The lowest BCUT2D eigenvalue weighted by Crippen LogP contribution is -2.34. The zero-order valence-corrected chi connectivity index (χ0v) is 12.8. The fourth-order valence-electron chi connectivity index (χ4n) is 2.41. The number of guanidine groups is 1. The molecule has 0 saturated carbocycles. The van der Waals surface area contributed by atoms with Crippen molar-refractivity contribution in [2.45, 2.75) is 6.54 Å². The van der Waals surface area contributed by atoms with Crippen LogP contribution in [0, 0.1) is 10.1 Å². The van der Waals surface area contributed by atoms with Gasteiger partial charge in [-0.1, -0.05) is 17.7 Å². The molecule has 0 aromatic carbocycles. The summed E-state index contributed by atoms with van der Waals surface area (Å²) in [5.41, 5.74) is 1.67. The Morgan fingerprint density at radius 2 is 2.17 bits per heavy atom. The van der Waals surface area contributed by atoms with Crippen LogP contribution < -0.4 is 4.90 Å². The van der Waals surface area contributed by atoms with Gasteiger partial charge in [-0.05, 0) is 23.8 Å². The van der Waals surface area contributed by atoms with Gasteiger partial charge in [0, 0.05) is 32.0 Å². The number of hydrogen-bond donors (Lipinski definition) is 0. The summed E-state index contributed by atoms with van der Waals surface area (Å²) in [5, 5.41) is 14.2. The molecule has 118 valence electrons. The van der Waals surface area contributed by atoms with Crippen LogP contribution in [0.15, 0.2) is 48.0 Å². The Morgan fingerprint density at radius 1 is 1.30 bits per heavy atom. The van der Waals surface area contributed by atoms with E-state index in [0.29, 0.717) is 24.8 Å². The molecule has 1 aliphatic heterocycles. The van der Waals surface area contributed by atoms with E-state index in [-0.39, 0.29) is 5.96 Å². The standard InChI is InChI=1S/C14H13ClN6O2/c15-13-4-3-11(8-17-13)10-19-6-7-20(14(19)18-21(22)23)12-2-1-5-16-9-12/h1-5,8-9H,6-7,10H2/b18-14+. The van der Waals surface area contributed by atoms with Gasteiger partial charge < -0.3 is 9.80 Å². The van der Waals surface area contributed by atoms with Crippen molar-refractivity contribution in [3.8, 4) is 0 Å². The maximum Gasteiger partial charge on any atom is 0.278 e. The van der Waals surface area contributed by atoms with E-state index in [2.05, 4.69) is 15.1 Å². The zero-order chi connectivity index (χ0) is 16.2. The average Bonchev–Trinajstić information content (AvgIpc) is 2.92. The first-order chi connectivity index (χ1) is 11.1. The van der Waals surface area contributed by atoms with E-state index in [1.807, 2.05) is 17.0 Å². The smallest absolute Gasteiger partial charge is 0.278 e. The highest BCUT2D eigenvalue weighted by Gasteiger charge is 2.31. The quantitative estimate of drug-likeness (QED) is 0.483. The van der Waals surface area contributed by atoms with Gasteiger partial charge in [-0.2, -0.15) is 0 Å². The highest BCUT2D eigenvalue weighted by molar-refractivity contribution is 6.29. The minimum atomic E-state index is -0.683. The van der Waals surface area contributed by atoms with Gasteiger partial charge in [0.15, 0.2) is 5.03 Å². The molecule has 3 rings (SSSR count). The summed E-state index contributed by atoms with van der Waals surface area (Å²) in [6.07, 6.45) is 4.96. The van der Waals surface area contributed by atoms with Gasteiger partial charge in [0.2, 0.25) is 0 Å². The summed E-state index contributed by atoms with van der Waals surface area (Å²) in [7, 11) is 0. The Bertz CT molecular complexity index is 722. The van der Waals surface area contributed by atoms with Gasteiger partial charge in [-0.3, -0.25) is 4.98 Å². The van der Waals surface area contributed by atoms with Crippen molar-refractivity contribution < 1.29 is 5.03 Å². The Labute approximate surface area is 137 Å². The van der Waals surface area contributed by atoms with Gasteiger partial charge in [0.25, 0.3) is 5.96 Å². The molecule has 0 spiro atoms. The molecule has 3 heterocycles. The molecule has 0 aliphatic carbocycles. The first kappa shape index (κ1) is 15.2. The van der Waals surface area contributed by atoms with Crippen LogP contribution in [0.5, 0.6) is 0 Å². The lowest BCUT2D eigenvalue weighted by atomic mass is 10.3. The summed E-state index contributed by atoms with van der Waals surface area (Å²) >= 11 is 5.78. The Balaban J connectivity index is 1.86. The van der Waals surface area contributed by atoms with Crippen LogP contribution in [0.4, 0.5) is 5.69 Å². The summed E-state index contributed by atoms with van der Waals surface area (Å²) < 4.78 is 0. The Hall–Kier alpha value is -2.74. The first-order valence-corrected chi connectivity index (χ1v) is 7.27. The molecule has 8 nitrogen and oxygen atoms in total. The second-order valence-corrected chi connectivity index (χ2v) is 5.30. The van der Waals surface area contributed by atoms with Crippen molar-refractivity contribution in [1.29, 1.82) is 0 Å². The van der Waals surface area contributed by atoms with Crippen molar-refractivity contribution in [3.05, 3.63) is 63.7 Å². The van der Waals surface area contributed by atoms with E-state index in [0.717, 1.165) is 11.3 Å². The highest BCUT2D eigenvalue weighted by atomic mass is 35.5. The molecule has 0 bridgehead atoms. The topological polar surface area (TPSA) is 87.8 Å². The molecule has 23 heavy (non-hydrogen) atoms. The molecule has 1 aliphatic rings. The van der Waals surface area contributed by atoms with Crippen LogP contribution in [0.1, 0.15) is 5.56 Å². The maximum absolute atomic E-state index is 10.9. The predicted octanol–water partition coefficient (Wildman–Crippen LogP) is 2.00. The predicted molar refractivity (Wildman–Crippen MR) is 85.7 cm³/mol. The van der Waals surface area contributed by atoms with E-state index in [9.17, 15) is 10.1 Å². The zero-order valence-electron chi connectivity index (χ0n) is 12.0. The van der Waals surface area contributed by atoms with Crippen LogP contribution >= 0.6 is 11.6 Å². The number of rotatable bonds is 4. The maximum atomic E-state index is 10.9. The third kappa shape index (κ3) is 3.54. The number of anilines is 1. The van der Waals surface area contributed by atoms with Crippen LogP contribution in [-0.4, -0.2) is 38.9 Å². The second-order valence-electron chi connectivity index (χ2n) is 4.91. The normalized spacial score (nSPS) is 16.1. The number of hydrogen-bond acceptors (Lipinski definition) is 4. The van der Waals surface area contributed by atoms with Crippen LogP contribution in [0.25, 0.3) is 0 Å². The largest absolute Gasteiger partial charge is 0.331 e. The number of hydrazone groups is 1. The molecule has 0 N–H and O–H groups in total. The van der Waals surface area contributed by atoms with E-state index >= 15 is 0 Å². The number of nitrogens with zero attached hydrogens (tertiary/aromatic N) is 6. The highest BCUT2D eigenvalue weighted by Crippen LogP contribution is 2.21. The van der Waals surface area contributed by atoms with Crippen LogP contribution in [0.2, 0.25) is 5.15 Å². The average molecular weight is 333 g/mol. The first-order valence-electron chi connectivity index (χ1n) is 6.89. The molecule has 1 fully saturated rings. The lowest BCUT2D eigenvalue weighted by Gasteiger charge is -2.20. The van der Waals surface area contributed by atoms with Gasteiger partial charge in [0.1, 0.15) is 10.3 Å². The van der Waals surface area contributed by atoms with Gasteiger partial charge in [-0.15, -0.1) is 0 Å². The van der Waals surface area contributed by atoms with Crippen LogP contribution in [0.3, 0.4) is 0 Å². The van der Waals surface area contributed by atoms with Crippen molar-refractivity contribution in [2.75, 3.05) is 18.0 Å². The molecule has 0 unspecified atom stereocenters. The molecular formula is C14H13ClN6O2. The number of pyridine rings is 2. The molecular weight excluding hydrogens is 320 g/mol. The fourth-order valence-corrected chi connectivity index (χ4v) is 2.52. The fraction of sp³-hybridized carbons (Fsp3) is 0.214. The Morgan fingerprint density at radius 3 is 2.83 bits per heavy atom. The third-order valence-electron chi connectivity index (χ3n) is 3.41. The van der Waals surface area contributed by atoms with Crippen molar-refractivity contribution in [1.82, 2.24) is 14.9 Å². The molecule has 1 saturated heterocycles. The van der Waals surface area contributed by atoms with Gasteiger partial charge in [-0.25, -0.2) is 15.1 Å². The summed E-state index contributed by atoms with van der Waals surface area (Å²) in [5.74, 6) is 0.290. The lowest BCUT2D eigenvalue weighted by molar-refractivity contribution is -0.485. The molecule has 2 aromatic rings. The monoisotopic (exact) mass is 332 g/mol. The molecule has 2 aromatic heterocycles. The number of nitro groups is 1. The van der Waals surface area contributed by atoms with Gasteiger partial charge in [0.05, 0.1) is 11.9 Å². The number of halogens is 1. The van der Waals surface area contributed by atoms with Crippen molar-refractivity contribution in [2.24, 2.45) is 5.10 Å². The summed E-state index contributed by atoms with van der Waals surface area (Å²) in [6, 6.07) is 7.16. The van der Waals surface area contributed by atoms with E-state index in [1.165, 1.54) is 0 Å². The summed E-state index contributed by atoms with van der Waals surface area (Å²) in [6.45, 7) is 1.68. The van der Waals surface area contributed by atoms with Crippen molar-refractivity contribution >= 4 is 23.2 Å². The second kappa shape index (κ2) is 6.57. The number of aromatic nitrogens is 2. The summed E-state index contributed by atoms with van der Waals surface area (Å²) in [4.78, 5) is 22.6. The molecule has 0 radical (unpaired) electrons. The Kier molecular flexibility index (Phi) is 4.33. The molecule has 0 amide bonds. The van der Waals surface area contributed by atoms with Gasteiger partial charge >= 0.3 is 0 Å². The van der Waals surface area contributed by atoms with Crippen molar-refractivity contribution in [3.63, 3.8) is 0 Å². The molecule has 9 heteroatoms. The van der Waals surface area contributed by atoms with E-state index in [1.54, 1.807) is 35.6 Å². The van der Waals surface area contributed by atoms with E-state index in [4.69, 9.17) is 11.6 Å². The SMILES string of the molecule is O=[N+]([O-])/N=C1\N(Cc2ccc(Cl)nc2)CCN1c1cccnc1. The van der Waals surface area contributed by atoms with Crippen LogP contribution in [-0.2, 0) is 6.54 Å². The molecule has 0 atom stereocenters.